The molecule has 4 N–H and O–H groups in total. The lowest BCUT2D eigenvalue weighted by Gasteiger charge is -2.12. The van der Waals surface area contributed by atoms with E-state index in [1.54, 1.807) is 35.0 Å². The third kappa shape index (κ3) is 4.80. The maximum atomic E-state index is 12.5. The van der Waals surface area contributed by atoms with Crippen LogP contribution in [0.5, 0.6) is 11.5 Å². The molecule has 0 unspecified atom stereocenters. The minimum absolute atomic E-state index is 0.106. The molecule has 2 aromatic heterocycles. The van der Waals surface area contributed by atoms with E-state index in [1.165, 1.54) is 12.1 Å². The molecule has 0 fully saturated rings. The molecular formula is C26H20BrN5O3. The SMILES string of the molecule is O=C(Nc1cccc(CNc2cc(-c3ccccc3O)nc3c(Br)cnn23)c1)c1ccc(O)cc1. The lowest BCUT2D eigenvalue weighted by Crippen LogP contribution is -2.12. The summed E-state index contributed by atoms with van der Waals surface area (Å²) in [6.45, 7) is 0.458. The number of carbonyl (C=O) groups excluding carboxylic acids is 1. The van der Waals surface area contributed by atoms with E-state index < -0.39 is 0 Å². The van der Waals surface area contributed by atoms with E-state index in [-0.39, 0.29) is 17.4 Å². The van der Waals surface area contributed by atoms with Crippen LogP contribution >= 0.6 is 15.9 Å². The second-order valence-corrected chi connectivity index (χ2v) is 8.68. The number of hydrogen-bond acceptors (Lipinski definition) is 6. The number of hydrogen-bond donors (Lipinski definition) is 4. The van der Waals surface area contributed by atoms with Crippen molar-refractivity contribution in [3.05, 3.63) is 101 Å². The van der Waals surface area contributed by atoms with Gasteiger partial charge in [0, 0.05) is 29.4 Å². The fourth-order valence-electron chi connectivity index (χ4n) is 3.66. The maximum absolute atomic E-state index is 12.5. The van der Waals surface area contributed by atoms with Crippen molar-refractivity contribution in [2.45, 2.75) is 6.54 Å². The van der Waals surface area contributed by atoms with Crippen molar-refractivity contribution < 1.29 is 15.0 Å². The molecule has 0 spiro atoms. The first kappa shape index (κ1) is 22.4. The second-order valence-electron chi connectivity index (χ2n) is 7.83. The summed E-state index contributed by atoms with van der Waals surface area (Å²) in [6, 6.07) is 22.5. The van der Waals surface area contributed by atoms with E-state index in [0.29, 0.717) is 40.5 Å². The summed E-state index contributed by atoms with van der Waals surface area (Å²) in [7, 11) is 0. The molecule has 174 valence electrons. The highest BCUT2D eigenvalue weighted by atomic mass is 79.9. The molecule has 0 atom stereocenters. The largest absolute Gasteiger partial charge is 0.508 e. The first-order valence-electron chi connectivity index (χ1n) is 10.7. The van der Waals surface area contributed by atoms with Gasteiger partial charge in [-0.15, -0.1) is 0 Å². The lowest BCUT2D eigenvalue weighted by molar-refractivity contribution is 0.102. The molecule has 0 aliphatic rings. The number of anilines is 2. The molecule has 0 bridgehead atoms. The van der Waals surface area contributed by atoms with Gasteiger partial charge in [0.2, 0.25) is 0 Å². The Labute approximate surface area is 209 Å². The van der Waals surface area contributed by atoms with Crippen LogP contribution in [0.4, 0.5) is 11.5 Å². The number of rotatable bonds is 6. The molecule has 9 heteroatoms. The lowest BCUT2D eigenvalue weighted by atomic mass is 10.1. The van der Waals surface area contributed by atoms with E-state index in [0.717, 1.165) is 10.0 Å². The highest BCUT2D eigenvalue weighted by Crippen LogP contribution is 2.31. The van der Waals surface area contributed by atoms with Crippen molar-refractivity contribution in [1.82, 2.24) is 14.6 Å². The van der Waals surface area contributed by atoms with E-state index in [9.17, 15) is 15.0 Å². The van der Waals surface area contributed by atoms with Crippen LogP contribution in [0.3, 0.4) is 0 Å². The Balaban J connectivity index is 1.38. The number of nitrogens with one attached hydrogen (secondary N) is 2. The van der Waals surface area contributed by atoms with Crippen LogP contribution in [-0.2, 0) is 6.54 Å². The molecular weight excluding hydrogens is 510 g/mol. The summed E-state index contributed by atoms with van der Waals surface area (Å²) in [4.78, 5) is 17.2. The highest BCUT2D eigenvalue weighted by Gasteiger charge is 2.14. The van der Waals surface area contributed by atoms with E-state index in [1.807, 2.05) is 42.5 Å². The van der Waals surface area contributed by atoms with Crippen molar-refractivity contribution in [2.24, 2.45) is 0 Å². The van der Waals surface area contributed by atoms with Gasteiger partial charge in [0.15, 0.2) is 5.65 Å². The molecule has 0 saturated heterocycles. The topological polar surface area (TPSA) is 112 Å². The van der Waals surface area contributed by atoms with Crippen molar-refractivity contribution >= 4 is 39.0 Å². The summed E-state index contributed by atoms with van der Waals surface area (Å²) in [5.41, 5.74) is 3.88. The monoisotopic (exact) mass is 529 g/mol. The molecule has 3 aromatic carbocycles. The number of carbonyl (C=O) groups is 1. The standard InChI is InChI=1S/C26H20BrN5O3/c27-21-15-29-32-24(13-22(31-25(21)32)20-6-1-2-7-23(20)34)28-14-16-4-3-5-18(12-16)30-26(35)17-8-10-19(33)11-9-17/h1-13,15,28,33-34H,14H2,(H,30,35). The number of aromatic hydroxyl groups is 2. The summed E-state index contributed by atoms with van der Waals surface area (Å²) < 4.78 is 2.42. The van der Waals surface area contributed by atoms with E-state index in [2.05, 4.69) is 36.6 Å². The fourth-order valence-corrected chi connectivity index (χ4v) is 4.01. The van der Waals surface area contributed by atoms with Gasteiger partial charge in [-0.1, -0.05) is 24.3 Å². The van der Waals surface area contributed by atoms with Crippen LogP contribution in [-0.4, -0.2) is 30.7 Å². The Morgan fingerprint density at radius 1 is 0.971 bits per heavy atom. The van der Waals surface area contributed by atoms with Crippen LogP contribution in [0.2, 0.25) is 0 Å². The molecule has 8 nitrogen and oxygen atoms in total. The Bertz CT molecular complexity index is 1530. The van der Waals surface area contributed by atoms with Gasteiger partial charge in [-0.05, 0) is 70.0 Å². The van der Waals surface area contributed by atoms with Crippen molar-refractivity contribution in [2.75, 3.05) is 10.6 Å². The third-order valence-corrected chi connectivity index (χ3v) is 5.96. The number of nitrogens with zero attached hydrogens (tertiary/aromatic N) is 3. The average Bonchev–Trinajstić information content (AvgIpc) is 3.24. The zero-order chi connectivity index (χ0) is 24.4. The van der Waals surface area contributed by atoms with Crippen molar-refractivity contribution in [3.63, 3.8) is 0 Å². The molecule has 2 heterocycles. The molecule has 0 saturated carbocycles. The number of fused-ring (bicyclic) bond motifs is 1. The van der Waals surface area contributed by atoms with Gasteiger partial charge in [-0.2, -0.15) is 9.61 Å². The molecule has 0 aliphatic heterocycles. The average molecular weight is 530 g/mol. The first-order chi connectivity index (χ1) is 17.0. The number of phenolic OH excluding ortho intramolecular Hbond substituents is 2. The number of para-hydroxylation sites is 1. The van der Waals surface area contributed by atoms with E-state index >= 15 is 0 Å². The summed E-state index contributed by atoms with van der Waals surface area (Å²) in [5, 5.41) is 30.4. The Morgan fingerprint density at radius 3 is 2.57 bits per heavy atom. The molecule has 35 heavy (non-hydrogen) atoms. The smallest absolute Gasteiger partial charge is 0.255 e. The second kappa shape index (κ2) is 9.47. The minimum atomic E-state index is -0.264. The first-order valence-corrected chi connectivity index (χ1v) is 11.5. The Morgan fingerprint density at radius 2 is 1.77 bits per heavy atom. The summed E-state index contributed by atoms with van der Waals surface area (Å²) in [5.74, 6) is 0.676. The number of phenols is 2. The highest BCUT2D eigenvalue weighted by molar-refractivity contribution is 9.10. The number of aromatic nitrogens is 3. The number of benzene rings is 3. The Hall–Kier alpha value is -4.37. The van der Waals surface area contributed by atoms with Gasteiger partial charge in [0.05, 0.1) is 16.4 Å². The predicted molar refractivity (Wildman–Crippen MR) is 138 cm³/mol. The predicted octanol–water partition coefficient (Wildman–Crippen LogP) is 5.43. The van der Waals surface area contributed by atoms with Gasteiger partial charge < -0.3 is 20.8 Å². The van der Waals surface area contributed by atoms with Crippen molar-refractivity contribution in [1.29, 1.82) is 0 Å². The normalized spacial score (nSPS) is 10.9. The maximum Gasteiger partial charge on any atom is 0.255 e. The van der Waals surface area contributed by atoms with Crippen LogP contribution in [0.1, 0.15) is 15.9 Å². The number of halogens is 1. The van der Waals surface area contributed by atoms with Crippen molar-refractivity contribution in [3.8, 4) is 22.8 Å². The quantitative estimate of drug-likeness (QED) is 0.233. The van der Waals surface area contributed by atoms with Gasteiger partial charge in [0.25, 0.3) is 5.91 Å². The molecule has 5 rings (SSSR count). The van der Waals surface area contributed by atoms with E-state index in [4.69, 9.17) is 0 Å². The van der Waals surface area contributed by atoms with Crippen LogP contribution in [0.25, 0.3) is 16.9 Å². The summed E-state index contributed by atoms with van der Waals surface area (Å²) >= 11 is 3.49. The molecule has 5 aromatic rings. The zero-order valence-electron chi connectivity index (χ0n) is 18.3. The zero-order valence-corrected chi connectivity index (χ0v) is 19.9. The Kier molecular flexibility index (Phi) is 6.07. The fraction of sp³-hybridized carbons (Fsp3) is 0.0385. The van der Waals surface area contributed by atoms with Crippen LogP contribution in [0.15, 0.2) is 89.5 Å². The minimum Gasteiger partial charge on any atom is -0.508 e. The number of amides is 1. The molecule has 0 radical (unpaired) electrons. The van der Waals surface area contributed by atoms with Crippen LogP contribution in [0, 0.1) is 0 Å². The van der Waals surface area contributed by atoms with Gasteiger partial charge >= 0.3 is 0 Å². The van der Waals surface area contributed by atoms with Gasteiger partial charge in [-0.25, -0.2) is 4.98 Å². The molecule has 0 aliphatic carbocycles. The van der Waals surface area contributed by atoms with Gasteiger partial charge in [-0.3, -0.25) is 4.79 Å². The van der Waals surface area contributed by atoms with Gasteiger partial charge in [0.1, 0.15) is 17.3 Å². The molecule has 1 amide bonds. The third-order valence-electron chi connectivity index (χ3n) is 5.40. The van der Waals surface area contributed by atoms with Crippen LogP contribution < -0.4 is 10.6 Å². The summed E-state index contributed by atoms with van der Waals surface area (Å²) in [6.07, 6.45) is 1.67.